The molecule has 0 radical (unpaired) electrons. The fraction of sp³-hybridized carbons (Fsp3) is 0.200. The van der Waals surface area contributed by atoms with Crippen molar-refractivity contribution >= 4 is 40.5 Å². The topological polar surface area (TPSA) is 51.8 Å². The van der Waals surface area contributed by atoms with Crippen LogP contribution in [0.15, 0.2) is 23.4 Å². The highest BCUT2D eigenvalue weighted by atomic mass is 35.5. The summed E-state index contributed by atoms with van der Waals surface area (Å²) in [6, 6.07) is 5.67. The van der Waals surface area contributed by atoms with Crippen molar-refractivity contribution in [1.82, 2.24) is 9.97 Å². The van der Waals surface area contributed by atoms with Gasteiger partial charge < -0.3 is 5.73 Å². The third kappa shape index (κ3) is 3.10. The number of thiophene rings is 1. The first-order valence-electron chi connectivity index (χ1n) is 4.61. The number of halogens is 1. The Morgan fingerprint density at radius 1 is 1.44 bits per heavy atom. The van der Waals surface area contributed by atoms with Crippen molar-refractivity contribution in [2.24, 2.45) is 0 Å². The Morgan fingerprint density at radius 3 is 2.88 bits per heavy atom. The molecule has 84 valence electrons. The third-order valence-electron chi connectivity index (χ3n) is 1.83. The Morgan fingerprint density at radius 2 is 2.25 bits per heavy atom. The highest BCUT2D eigenvalue weighted by Crippen LogP contribution is 2.27. The molecule has 0 saturated heterocycles. The molecule has 0 aromatic carbocycles. The van der Waals surface area contributed by atoms with Gasteiger partial charge in [-0.05, 0) is 19.1 Å². The van der Waals surface area contributed by atoms with E-state index in [4.69, 9.17) is 17.3 Å². The Balaban J connectivity index is 2.04. The van der Waals surface area contributed by atoms with Gasteiger partial charge in [0.25, 0.3) is 0 Å². The molecule has 16 heavy (non-hydrogen) atoms. The third-order valence-corrected chi connectivity index (χ3v) is 4.14. The lowest BCUT2D eigenvalue weighted by Gasteiger charge is -2.01. The first-order valence-corrected chi connectivity index (χ1v) is 6.79. The molecule has 2 aromatic rings. The van der Waals surface area contributed by atoms with E-state index in [1.54, 1.807) is 29.2 Å². The van der Waals surface area contributed by atoms with Gasteiger partial charge in [0.1, 0.15) is 5.82 Å². The smallest absolute Gasteiger partial charge is 0.190 e. The largest absolute Gasteiger partial charge is 0.384 e. The number of thioether (sulfide) groups is 1. The minimum absolute atomic E-state index is 0.513. The summed E-state index contributed by atoms with van der Waals surface area (Å²) in [5, 5.41) is 0.710. The van der Waals surface area contributed by atoms with E-state index in [0.717, 1.165) is 15.8 Å². The number of nitrogens with zero attached hydrogens (tertiary/aromatic N) is 2. The van der Waals surface area contributed by atoms with Crippen molar-refractivity contribution < 1.29 is 0 Å². The number of nitrogen functional groups attached to an aromatic ring is 1. The van der Waals surface area contributed by atoms with Gasteiger partial charge in [0.2, 0.25) is 0 Å². The molecule has 6 heteroatoms. The molecule has 0 aliphatic heterocycles. The van der Waals surface area contributed by atoms with Crippen LogP contribution in [0.4, 0.5) is 5.82 Å². The molecule has 2 aromatic heterocycles. The van der Waals surface area contributed by atoms with Crippen molar-refractivity contribution in [1.29, 1.82) is 0 Å². The summed E-state index contributed by atoms with van der Waals surface area (Å²) in [7, 11) is 0. The Hall–Kier alpha value is -0.780. The lowest BCUT2D eigenvalue weighted by molar-refractivity contribution is 0.940. The van der Waals surface area contributed by atoms with Crippen LogP contribution in [-0.4, -0.2) is 9.97 Å². The van der Waals surface area contributed by atoms with Crippen molar-refractivity contribution in [3.8, 4) is 0 Å². The molecular weight excluding hydrogens is 262 g/mol. The van der Waals surface area contributed by atoms with Crippen LogP contribution in [-0.2, 0) is 5.75 Å². The molecule has 2 heterocycles. The summed E-state index contributed by atoms with van der Waals surface area (Å²) in [6.45, 7) is 1.91. The van der Waals surface area contributed by atoms with Gasteiger partial charge in [-0.25, -0.2) is 9.97 Å². The van der Waals surface area contributed by atoms with Crippen molar-refractivity contribution in [3.63, 3.8) is 0 Å². The van der Waals surface area contributed by atoms with Crippen LogP contribution in [0.25, 0.3) is 0 Å². The fourth-order valence-corrected chi connectivity index (χ4v) is 3.24. The van der Waals surface area contributed by atoms with E-state index in [1.165, 1.54) is 4.88 Å². The molecule has 0 bridgehead atoms. The monoisotopic (exact) mass is 271 g/mol. The van der Waals surface area contributed by atoms with Gasteiger partial charge in [0.15, 0.2) is 5.16 Å². The van der Waals surface area contributed by atoms with Crippen LogP contribution < -0.4 is 5.73 Å². The van der Waals surface area contributed by atoms with Crippen LogP contribution in [0.3, 0.4) is 0 Å². The summed E-state index contributed by atoms with van der Waals surface area (Å²) < 4.78 is 0.806. The zero-order valence-corrected chi connectivity index (χ0v) is 11.0. The second-order valence-corrected chi connectivity index (χ2v) is 5.95. The molecule has 0 unspecified atom stereocenters. The normalized spacial score (nSPS) is 10.6. The minimum atomic E-state index is 0.513. The predicted molar refractivity (Wildman–Crippen MR) is 70.1 cm³/mol. The highest BCUT2D eigenvalue weighted by molar-refractivity contribution is 7.98. The van der Waals surface area contributed by atoms with Crippen LogP contribution in [0.1, 0.15) is 10.6 Å². The zero-order valence-electron chi connectivity index (χ0n) is 8.61. The average Bonchev–Trinajstić information content (AvgIpc) is 2.60. The second kappa shape index (κ2) is 5.03. The lowest BCUT2D eigenvalue weighted by atomic mass is 10.4. The van der Waals surface area contributed by atoms with Gasteiger partial charge in [0.05, 0.1) is 4.34 Å². The quantitative estimate of drug-likeness (QED) is 0.687. The number of hydrogen-bond donors (Lipinski definition) is 1. The van der Waals surface area contributed by atoms with E-state index in [-0.39, 0.29) is 0 Å². The molecule has 2 rings (SSSR count). The maximum Gasteiger partial charge on any atom is 0.190 e. The van der Waals surface area contributed by atoms with E-state index >= 15 is 0 Å². The van der Waals surface area contributed by atoms with Gasteiger partial charge >= 0.3 is 0 Å². The first kappa shape index (κ1) is 11.7. The lowest BCUT2D eigenvalue weighted by Crippen LogP contribution is -1.96. The Labute approximate surface area is 107 Å². The summed E-state index contributed by atoms with van der Waals surface area (Å²) in [5.41, 5.74) is 6.54. The average molecular weight is 272 g/mol. The van der Waals surface area contributed by atoms with E-state index < -0.39 is 0 Å². The second-order valence-electron chi connectivity index (χ2n) is 3.21. The molecule has 0 aliphatic carbocycles. The number of aryl methyl sites for hydroxylation is 1. The molecule has 0 fully saturated rings. The van der Waals surface area contributed by atoms with E-state index in [2.05, 4.69) is 9.97 Å². The zero-order chi connectivity index (χ0) is 11.5. The summed E-state index contributed by atoms with van der Waals surface area (Å²) >= 11 is 8.99. The Kier molecular flexibility index (Phi) is 3.68. The number of aromatic nitrogens is 2. The van der Waals surface area contributed by atoms with Crippen LogP contribution in [0.5, 0.6) is 0 Å². The van der Waals surface area contributed by atoms with Gasteiger partial charge in [-0.15, -0.1) is 11.3 Å². The standard InChI is InChI=1S/C10H10ClN3S2/c1-6-4-9(12)14-10(13-6)15-5-7-2-3-8(11)16-7/h2-4H,5H2,1H3,(H2,12,13,14). The van der Waals surface area contributed by atoms with Gasteiger partial charge in [-0.1, -0.05) is 23.4 Å². The molecule has 0 aliphatic rings. The number of anilines is 1. The van der Waals surface area contributed by atoms with Gasteiger partial charge in [0, 0.05) is 22.4 Å². The molecule has 0 atom stereocenters. The van der Waals surface area contributed by atoms with E-state index in [9.17, 15) is 0 Å². The SMILES string of the molecule is Cc1cc(N)nc(SCc2ccc(Cl)s2)n1. The summed E-state index contributed by atoms with van der Waals surface area (Å²) in [5.74, 6) is 1.33. The molecule has 0 amide bonds. The first-order chi connectivity index (χ1) is 7.63. The van der Waals surface area contributed by atoms with Gasteiger partial charge in [-0.2, -0.15) is 0 Å². The molecule has 2 N–H and O–H groups in total. The van der Waals surface area contributed by atoms with Crippen LogP contribution in [0.2, 0.25) is 4.34 Å². The molecule has 0 saturated carbocycles. The highest BCUT2D eigenvalue weighted by Gasteiger charge is 2.03. The molecular formula is C10H10ClN3S2. The maximum absolute atomic E-state index is 5.85. The predicted octanol–water partition coefficient (Wildman–Crippen LogP) is 3.37. The van der Waals surface area contributed by atoms with Crippen molar-refractivity contribution in [3.05, 3.63) is 33.1 Å². The minimum Gasteiger partial charge on any atom is -0.384 e. The van der Waals surface area contributed by atoms with Crippen molar-refractivity contribution in [2.75, 3.05) is 5.73 Å². The Bertz CT molecular complexity index is 478. The van der Waals surface area contributed by atoms with Crippen LogP contribution in [0, 0.1) is 6.92 Å². The van der Waals surface area contributed by atoms with E-state index in [0.29, 0.717) is 11.0 Å². The van der Waals surface area contributed by atoms with E-state index in [1.807, 2.05) is 19.1 Å². The number of hydrogen-bond acceptors (Lipinski definition) is 5. The fourth-order valence-electron chi connectivity index (χ4n) is 1.19. The summed E-state index contributed by atoms with van der Waals surface area (Å²) in [4.78, 5) is 9.66. The molecule has 0 spiro atoms. The van der Waals surface area contributed by atoms with Crippen molar-refractivity contribution in [2.45, 2.75) is 17.8 Å². The van der Waals surface area contributed by atoms with Crippen LogP contribution >= 0.6 is 34.7 Å². The molecule has 3 nitrogen and oxygen atoms in total. The number of rotatable bonds is 3. The maximum atomic E-state index is 5.85. The van der Waals surface area contributed by atoms with Gasteiger partial charge in [-0.3, -0.25) is 0 Å². The number of nitrogens with two attached hydrogens (primary N) is 1. The summed E-state index contributed by atoms with van der Waals surface area (Å²) in [6.07, 6.45) is 0.